The zero-order valence-corrected chi connectivity index (χ0v) is 13.8. The van der Waals surface area contributed by atoms with E-state index in [2.05, 4.69) is 45.7 Å². The first-order valence-corrected chi connectivity index (χ1v) is 9.56. The highest BCUT2D eigenvalue weighted by molar-refractivity contribution is 7.99. The van der Waals surface area contributed by atoms with Crippen LogP contribution in [0, 0.1) is 0 Å². The summed E-state index contributed by atoms with van der Waals surface area (Å²) < 4.78 is 5.52. The van der Waals surface area contributed by atoms with Crippen molar-refractivity contribution in [1.82, 2.24) is 10.2 Å². The molecule has 2 atom stereocenters. The molecule has 2 aliphatic rings. The highest BCUT2D eigenvalue weighted by Gasteiger charge is 2.40. The second-order valence-electron chi connectivity index (χ2n) is 5.79. The fraction of sp³-hybridized carbons (Fsp3) is 0.733. The van der Waals surface area contributed by atoms with E-state index in [1.54, 1.807) is 11.3 Å². The molecule has 0 aromatic carbocycles. The van der Waals surface area contributed by atoms with E-state index in [1.807, 2.05) is 0 Å². The Kier molecular flexibility index (Phi) is 5.04. The number of hydrogen-bond acceptors (Lipinski definition) is 5. The molecule has 1 N–H and O–H groups in total. The Balaban J connectivity index is 1.62. The average Bonchev–Trinajstić information content (AvgIpc) is 3.18. The molecule has 0 aliphatic carbocycles. The summed E-state index contributed by atoms with van der Waals surface area (Å²) in [4.78, 5) is 2.67. The summed E-state index contributed by atoms with van der Waals surface area (Å²) in [5.74, 6) is 2.56. The molecule has 2 aliphatic heterocycles. The Bertz CT molecular complexity index is 398. The largest absolute Gasteiger partial charge is 0.379 e. The predicted octanol–water partition coefficient (Wildman–Crippen LogP) is 2.61. The monoisotopic (exact) mass is 312 g/mol. The molecule has 3 heterocycles. The van der Waals surface area contributed by atoms with E-state index in [-0.39, 0.29) is 0 Å². The van der Waals surface area contributed by atoms with Crippen LogP contribution in [0.25, 0.3) is 0 Å². The van der Waals surface area contributed by atoms with Crippen molar-refractivity contribution in [1.29, 1.82) is 0 Å². The molecule has 0 saturated carbocycles. The molecule has 2 saturated heterocycles. The summed E-state index contributed by atoms with van der Waals surface area (Å²) in [5.41, 5.74) is 1.76. The van der Waals surface area contributed by atoms with Crippen molar-refractivity contribution in [3.8, 4) is 0 Å². The molecule has 5 heteroatoms. The zero-order chi connectivity index (χ0) is 13.8. The maximum atomic E-state index is 5.52. The van der Waals surface area contributed by atoms with Crippen molar-refractivity contribution in [2.45, 2.75) is 24.9 Å². The van der Waals surface area contributed by atoms with Crippen LogP contribution in [0.5, 0.6) is 0 Å². The van der Waals surface area contributed by atoms with Crippen molar-refractivity contribution in [3.63, 3.8) is 0 Å². The first-order chi connectivity index (χ1) is 9.80. The number of ether oxygens (including phenoxy) is 1. The zero-order valence-electron chi connectivity index (χ0n) is 12.1. The van der Waals surface area contributed by atoms with Crippen LogP contribution >= 0.6 is 23.1 Å². The minimum atomic E-state index is 0.346. The Morgan fingerprint density at radius 1 is 1.45 bits per heavy atom. The van der Waals surface area contributed by atoms with Gasteiger partial charge in [0.1, 0.15) is 0 Å². The molecule has 3 rings (SSSR count). The molecule has 3 nitrogen and oxygen atoms in total. The van der Waals surface area contributed by atoms with Gasteiger partial charge in [0.15, 0.2) is 0 Å². The number of rotatable bonds is 5. The third-order valence-corrected chi connectivity index (χ3v) is 6.48. The molecule has 2 unspecified atom stereocenters. The molecule has 0 spiro atoms. The average molecular weight is 313 g/mol. The topological polar surface area (TPSA) is 24.5 Å². The van der Waals surface area contributed by atoms with E-state index in [4.69, 9.17) is 4.74 Å². The smallest absolute Gasteiger partial charge is 0.0594 e. The minimum absolute atomic E-state index is 0.346. The summed E-state index contributed by atoms with van der Waals surface area (Å²) in [7, 11) is 0. The third kappa shape index (κ3) is 3.22. The first kappa shape index (κ1) is 14.9. The molecular weight excluding hydrogens is 288 g/mol. The maximum absolute atomic E-state index is 5.52. The Hall–Kier alpha value is -0.0700. The van der Waals surface area contributed by atoms with Crippen molar-refractivity contribution in [3.05, 3.63) is 22.4 Å². The van der Waals surface area contributed by atoms with Crippen molar-refractivity contribution >= 4 is 23.1 Å². The molecule has 1 aromatic rings. The van der Waals surface area contributed by atoms with Gasteiger partial charge in [0, 0.05) is 37.0 Å². The lowest BCUT2D eigenvalue weighted by molar-refractivity contribution is -0.0139. The van der Waals surface area contributed by atoms with Crippen LogP contribution in [0.4, 0.5) is 0 Å². The van der Waals surface area contributed by atoms with Gasteiger partial charge >= 0.3 is 0 Å². The van der Waals surface area contributed by atoms with Gasteiger partial charge in [0.2, 0.25) is 0 Å². The van der Waals surface area contributed by atoms with Crippen LogP contribution in [0.15, 0.2) is 16.8 Å². The summed E-state index contributed by atoms with van der Waals surface area (Å²) in [6.07, 6.45) is 1.31. The molecule has 20 heavy (non-hydrogen) atoms. The van der Waals surface area contributed by atoms with E-state index >= 15 is 0 Å². The second kappa shape index (κ2) is 6.79. The van der Waals surface area contributed by atoms with Gasteiger partial charge in [-0.15, -0.1) is 0 Å². The Morgan fingerprint density at radius 2 is 2.30 bits per heavy atom. The maximum Gasteiger partial charge on any atom is 0.0594 e. The van der Waals surface area contributed by atoms with Gasteiger partial charge < -0.3 is 10.1 Å². The number of thiophene rings is 1. The van der Waals surface area contributed by atoms with Gasteiger partial charge in [-0.1, -0.05) is 0 Å². The molecule has 112 valence electrons. The van der Waals surface area contributed by atoms with Crippen LogP contribution in [0.2, 0.25) is 0 Å². The SMILES string of the molecule is CC(NCC1(N2CCOCC2)CCSC1)c1ccsc1. The van der Waals surface area contributed by atoms with E-state index in [0.29, 0.717) is 11.6 Å². The summed E-state index contributed by atoms with van der Waals surface area (Å²) in [6.45, 7) is 7.34. The number of thioether (sulfide) groups is 1. The Labute approximate surface area is 130 Å². The molecular formula is C15H24N2OS2. The molecule has 0 radical (unpaired) electrons. The van der Waals surface area contributed by atoms with Crippen LogP contribution in [-0.4, -0.2) is 54.8 Å². The number of morpholine rings is 1. The van der Waals surface area contributed by atoms with Crippen LogP contribution in [0.1, 0.15) is 24.9 Å². The normalized spacial score (nSPS) is 29.6. The number of nitrogens with zero attached hydrogens (tertiary/aromatic N) is 1. The second-order valence-corrected chi connectivity index (χ2v) is 7.67. The lowest BCUT2D eigenvalue weighted by Crippen LogP contribution is -2.58. The van der Waals surface area contributed by atoms with Gasteiger partial charge in [-0.2, -0.15) is 23.1 Å². The third-order valence-electron chi connectivity index (χ3n) is 4.54. The van der Waals surface area contributed by atoms with E-state index < -0.39 is 0 Å². The van der Waals surface area contributed by atoms with Gasteiger partial charge in [-0.05, 0) is 41.5 Å². The minimum Gasteiger partial charge on any atom is -0.379 e. The van der Waals surface area contributed by atoms with Crippen LogP contribution in [0.3, 0.4) is 0 Å². The first-order valence-electron chi connectivity index (χ1n) is 7.46. The fourth-order valence-corrected chi connectivity index (χ4v) is 5.35. The Morgan fingerprint density at radius 3 is 2.95 bits per heavy atom. The van der Waals surface area contributed by atoms with Gasteiger partial charge in [-0.3, -0.25) is 4.90 Å². The summed E-state index contributed by atoms with van der Waals surface area (Å²) >= 11 is 3.89. The van der Waals surface area contributed by atoms with E-state index in [9.17, 15) is 0 Å². The fourth-order valence-electron chi connectivity index (χ4n) is 3.12. The summed E-state index contributed by atoms with van der Waals surface area (Å²) in [6, 6.07) is 2.68. The van der Waals surface area contributed by atoms with Gasteiger partial charge in [0.05, 0.1) is 13.2 Å². The predicted molar refractivity (Wildman–Crippen MR) is 87.8 cm³/mol. The van der Waals surface area contributed by atoms with Crippen LogP contribution < -0.4 is 5.32 Å². The molecule has 0 bridgehead atoms. The molecule has 1 aromatic heterocycles. The van der Waals surface area contributed by atoms with Crippen molar-refractivity contribution in [2.75, 3.05) is 44.4 Å². The molecule has 2 fully saturated rings. The van der Waals surface area contributed by atoms with Gasteiger partial charge in [-0.25, -0.2) is 0 Å². The highest BCUT2D eigenvalue weighted by Crippen LogP contribution is 2.34. The number of nitrogens with one attached hydrogen (secondary N) is 1. The van der Waals surface area contributed by atoms with E-state index in [0.717, 1.165) is 32.8 Å². The number of hydrogen-bond donors (Lipinski definition) is 1. The van der Waals surface area contributed by atoms with Crippen molar-refractivity contribution < 1.29 is 4.74 Å². The lowest BCUT2D eigenvalue weighted by atomic mass is 9.95. The van der Waals surface area contributed by atoms with Crippen molar-refractivity contribution in [2.24, 2.45) is 0 Å². The quantitative estimate of drug-likeness (QED) is 0.903. The van der Waals surface area contributed by atoms with Gasteiger partial charge in [0.25, 0.3) is 0 Å². The van der Waals surface area contributed by atoms with Crippen LogP contribution in [-0.2, 0) is 4.74 Å². The lowest BCUT2D eigenvalue weighted by Gasteiger charge is -2.43. The summed E-state index contributed by atoms with van der Waals surface area (Å²) in [5, 5.41) is 8.19. The molecule has 0 amide bonds. The highest BCUT2D eigenvalue weighted by atomic mass is 32.2. The standard InChI is InChI=1S/C15H24N2OS2/c1-13(14-2-8-19-10-14)16-11-15(3-9-20-12-15)17-4-6-18-7-5-17/h2,8,10,13,16H,3-7,9,11-12H2,1H3. The van der Waals surface area contributed by atoms with E-state index in [1.165, 1.54) is 23.5 Å².